The molecule has 0 saturated heterocycles. The van der Waals surface area contributed by atoms with E-state index in [0.717, 1.165) is 12.8 Å². The van der Waals surface area contributed by atoms with E-state index in [1.165, 1.54) is 0 Å². The van der Waals surface area contributed by atoms with Gasteiger partial charge in [-0.25, -0.2) is 4.79 Å². The fraction of sp³-hybridized carbons (Fsp3) is 0.800. The number of amides is 1. The number of carbonyl (C=O) groups is 2. The van der Waals surface area contributed by atoms with E-state index >= 15 is 0 Å². The molecular formula is C15H26N2O4. The lowest BCUT2D eigenvalue weighted by molar-refractivity contribution is -0.144. The van der Waals surface area contributed by atoms with Crippen LogP contribution < -0.4 is 5.32 Å². The summed E-state index contributed by atoms with van der Waals surface area (Å²) in [4.78, 5) is 27.9. The van der Waals surface area contributed by atoms with Gasteiger partial charge in [0, 0.05) is 6.42 Å². The molecule has 1 aliphatic rings. The normalized spacial score (nSPS) is 22.2. The van der Waals surface area contributed by atoms with Crippen molar-refractivity contribution in [2.24, 2.45) is 4.99 Å². The van der Waals surface area contributed by atoms with Crippen molar-refractivity contribution in [1.29, 1.82) is 0 Å². The maximum atomic E-state index is 11.8. The minimum atomic E-state index is -0.548. The summed E-state index contributed by atoms with van der Waals surface area (Å²) in [6.45, 7) is 9.46. The van der Waals surface area contributed by atoms with E-state index < -0.39 is 17.2 Å². The fourth-order valence-corrected chi connectivity index (χ4v) is 2.24. The average Bonchev–Trinajstić information content (AvgIpc) is 2.25. The van der Waals surface area contributed by atoms with Crippen LogP contribution in [0.25, 0.3) is 0 Å². The maximum absolute atomic E-state index is 11.8. The van der Waals surface area contributed by atoms with Gasteiger partial charge >= 0.3 is 12.1 Å². The first-order valence-corrected chi connectivity index (χ1v) is 7.38. The number of amidine groups is 1. The van der Waals surface area contributed by atoms with Gasteiger partial charge in [0.1, 0.15) is 11.4 Å². The molecule has 0 aliphatic carbocycles. The minimum Gasteiger partial charge on any atom is -0.466 e. The number of aliphatic imine (C=N–C) groups is 1. The highest BCUT2D eigenvalue weighted by molar-refractivity contribution is 5.96. The number of hydrogen-bond donors (Lipinski definition) is 1. The van der Waals surface area contributed by atoms with Gasteiger partial charge in [0.2, 0.25) is 0 Å². The Hall–Kier alpha value is -1.59. The summed E-state index contributed by atoms with van der Waals surface area (Å²) in [7, 11) is 0. The Bertz CT molecular complexity index is 426. The molecule has 0 saturated carbocycles. The van der Waals surface area contributed by atoms with Crippen molar-refractivity contribution >= 4 is 17.9 Å². The Labute approximate surface area is 126 Å². The molecule has 0 radical (unpaired) electrons. The molecule has 0 fully saturated rings. The van der Waals surface area contributed by atoms with Crippen molar-refractivity contribution in [1.82, 2.24) is 5.32 Å². The number of alkyl carbamates (subject to hydrolysis) is 1. The minimum absolute atomic E-state index is 0.223. The number of nitrogens with one attached hydrogen (secondary N) is 1. The van der Waals surface area contributed by atoms with Crippen LogP contribution in [0.5, 0.6) is 0 Å². The van der Waals surface area contributed by atoms with Gasteiger partial charge in [0.15, 0.2) is 0 Å². The van der Waals surface area contributed by atoms with Gasteiger partial charge in [-0.2, -0.15) is 0 Å². The van der Waals surface area contributed by atoms with Crippen molar-refractivity contribution in [2.75, 3.05) is 6.61 Å². The first-order valence-electron chi connectivity index (χ1n) is 7.38. The van der Waals surface area contributed by atoms with E-state index in [1.807, 2.05) is 6.92 Å². The topological polar surface area (TPSA) is 77.0 Å². The Balaban J connectivity index is 2.66. The quantitative estimate of drug-likeness (QED) is 0.813. The van der Waals surface area contributed by atoms with E-state index in [-0.39, 0.29) is 12.4 Å². The average molecular weight is 298 g/mol. The lowest BCUT2D eigenvalue weighted by atomic mass is 9.89. The van der Waals surface area contributed by atoms with Crippen molar-refractivity contribution < 1.29 is 19.1 Å². The Kier molecular flexibility index (Phi) is 5.75. The third-order valence-electron chi connectivity index (χ3n) is 3.01. The van der Waals surface area contributed by atoms with Crippen molar-refractivity contribution in [3.63, 3.8) is 0 Å². The van der Waals surface area contributed by atoms with Gasteiger partial charge in [-0.3, -0.25) is 15.1 Å². The van der Waals surface area contributed by atoms with Crippen LogP contribution in [-0.2, 0) is 14.3 Å². The molecule has 1 rings (SSSR count). The highest BCUT2D eigenvalue weighted by Crippen LogP contribution is 2.28. The van der Waals surface area contributed by atoms with Crippen molar-refractivity contribution in [3.8, 4) is 0 Å². The van der Waals surface area contributed by atoms with Crippen LogP contribution >= 0.6 is 0 Å². The maximum Gasteiger partial charge on any atom is 0.413 e. The molecule has 0 spiro atoms. The third kappa shape index (κ3) is 6.60. The molecule has 0 aromatic heterocycles. The Morgan fingerprint density at radius 2 is 2.05 bits per heavy atom. The second-order valence-electron chi connectivity index (χ2n) is 6.52. The lowest BCUT2D eigenvalue weighted by Crippen LogP contribution is -2.41. The molecule has 0 aromatic carbocycles. The first kappa shape index (κ1) is 17.5. The van der Waals surface area contributed by atoms with Crippen LogP contribution in [0.2, 0.25) is 0 Å². The van der Waals surface area contributed by atoms with Crippen LogP contribution in [0.1, 0.15) is 60.3 Å². The molecular weight excluding hydrogens is 272 g/mol. The molecule has 1 N–H and O–H groups in total. The van der Waals surface area contributed by atoms with Gasteiger partial charge in [-0.1, -0.05) is 0 Å². The number of esters is 1. The molecule has 6 heteroatoms. The summed E-state index contributed by atoms with van der Waals surface area (Å²) >= 11 is 0. The number of nitrogens with zero attached hydrogens (tertiary/aromatic N) is 1. The molecule has 120 valence electrons. The van der Waals surface area contributed by atoms with E-state index in [0.29, 0.717) is 18.9 Å². The van der Waals surface area contributed by atoms with Gasteiger partial charge in [-0.05, 0) is 47.5 Å². The zero-order valence-electron chi connectivity index (χ0n) is 13.6. The zero-order chi connectivity index (χ0) is 16.1. The summed E-state index contributed by atoms with van der Waals surface area (Å²) in [6.07, 6.45) is 2.05. The highest BCUT2D eigenvalue weighted by atomic mass is 16.6. The molecule has 0 bridgehead atoms. The molecule has 1 amide bonds. The highest BCUT2D eigenvalue weighted by Gasteiger charge is 2.31. The number of ether oxygens (including phenoxy) is 2. The second kappa shape index (κ2) is 6.91. The molecule has 1 aliphatic heterocycles. The summed E-state index contributed by atoms with van der Waals surface area (Å²) < 4.78 is 10.2. The van der Waals surface area contributed by atoms with Crippen molar-refractivity contribution in [3.05, 3.63) is 0 Å². The number of hydrogen-bond acceptors (Lipinski definition) is 5. The predicted molar refractivity (Wildman–Crippen MR) is 80.3 cm³/mol. The molecule has 21 heavy (non-hydrogen) atoms. The molecule has 1 heterocycles. The summed E-state index contributed by atoms with van der Waals surface area (Å²) in [5, 5.41) is 2.67. The van der Waals surface area contributed by atoms with Crippen LogP contribution in [0.3, 0.4) is 0 Å². The number of carbonyl (C=O) groups excluding carboxylic acids is 2. The zero-order valence-corrected chi connectivity index (χ0v) is 13.6. The van der Waals surface area contributed by atoms with Crippen LogP contribution in [0.15, 0.2) is 4.99 Å². The van der Waals surface area contributed by atoms with Crippen molar-refractivity contribution in [2.45, 2.75) is 71.4 Å². The van der Waals surface area contributed by atoms with Crippen LogP contribution in [0.4, 0.5) is 4.79 Å². The van der Waals surface area contributed by atoms with E-state index in [2.05, 4.69) is 10.3 Å². The predicted octanol–water partition coefficient (Wildman–Crippen LogP) is 2.81. The number of rotatable bonds is 3. The largest absolute Gasteiger partial charge is 0.466 e. The summed E-state index contributed by atoms with van der Waals surface area (Å²) in [5.41, 5.74) is -1.07. The van der Waals surface area contributed by atoms with E-state index in [9.17, 15) is 9.59 Å². The smallest absolute Gasteiger partial charge is 0.413 e. The van der Waals surface area contributed by atoms with E-state index in [1.54, 1.807) is 27.7 Å². The summed E-state index contributed by atoms with van der Waals surface area (Å²) in [6, 6.07) is 0. The van der Waals surface area contributed by atoms with Gasteiger partial charge in [0.05, 0.1) is 18.6 Å². The lowest BCUT2D eigenvalue weighted by Gasteiger charge is -2.30. The molecule has 6 nitrogen and oxygen atoms in total. The Morgan fingerprint density at radius 1 is 1.38 bits per heavy atom. The Morgan fingerprint density at radius 3 is 2.62 bits per heavy atom. The first-order chi connectivity index (χ1) is 9.63. The molecule has 1 unspecified atom stereocenters. The monoisotopic (exact) mass is 298 g/mol. The standard InChI is InChI=1S/C15H26N2O4/c1-6-20-12(18)10-15(5)9-7-8-11(17-15)16-13(19)21-14(2,3)4/h6-10H2,1-5H3,(H,16,17,19). The SMILES string of the molecule is CCOC(=O)CC1(C)CCCC(NC(=O)OC(C)(C)C)=N1. The fourth-order valence-electron chi connectivity index (χ4n) is 2.24. The summed E-state index contributed by atoms with van der Waals surface area (Å²) in [5.74, 6) is 0.310. The van der Waals surface area contributed by atoms with Gasteiger partial charge in [-0.15, -0.1) is 0 Å². The van der Waals surface area contributed by atoms with E-state index in [4.69, 9.17) is 9.47 Å². The molecule has 0 aromatic rings. The van der Waals surface area contributed by atoms with Crippen LogP contribution in [-0.4, -0.2) is 35.6 Å². The van der Waals surface area contributed by atoms with Gasteiger partial charge < -0.3 is 9.47 Å². The van der Waals surface area contributed by atoms with Gasteiger partial charge in [0.25, 0.3) is 0 Å². The second-order valence-corrected chi connectivity index (χ2v) is 6.52. The third-order valence-corrected chi connectivity index (χ3v) is 3.01. The van der Waals surface area contributed by atoms with Crippen LogP contribution in [0, 0.1) is 0 Å². The molecule has 1 atom stereocenters.